The molecule has 10 heteroatoms. The van der Waals surface area contributed by atoms with Gasteiger partial charge in [0.2, 0.25) is 0 Å². The van der Waals surface area contributed by atoms with Crippen molar-refractivity contribution >= 4 is 32.9 Å². The highest BCUT2D eigenvalue weighted by Gasteiger charge is 2.31. The van der Waals surface area contributed by atoms with Crippen LogP contribution in [0.3, 0.4) is 0 Å². The molecule has 0 radical (unpaired) electrons. The topological polar surface area (TPSA) is 104 Å². The van der Waals surface area contributed by atoms with Gasteiger partial charge in [-0.1, -0.05) is 20.8 Å². The molecule has 9 nitrogen and oxygen atoms in total. The Kier molecular flexibility index (Phi) is 4.35. The number of aryl methyl sites for hydroxylation is 3. The van der Waals surface area contributed by atoms with Crippen molar-refractivity contribution in [3.8, 4) is 0 Å². The number of hydrogen-bond donors (Lipinski definition) is 0. The number of thiophene rings is 1. The molecule has 0 saturated carbocycles. The smallest absolute Gasteiger partial charge is 0.265 e. The maximum Gasteiger partial charge on any atom is 0.306 e. The highest BCUT2D eigenvalue weighted by molar-refractivity contribution is 7.19. The zero-order valence-corrected chi connectivity index (χ0v) is 18.0. The highest BCUT2D eigenvalue weighted by Crippen LogP contribution is 2.43. The molecule has 0 aromatic carbocycles. The van der Waals surface area contributed by atoms with E-state index in [1.165, 1.54) is 29.3 Å². The van der Waals surface area contributed by atoms with Crippen molar-refractivity contribution in [2.24, 2.45) is 11.3 Å². The van der Waals surface area contributed by atoms with Crippen molar-refractivity contribution in [2.45, 2.75) is 53.0 Å². The molecule has 0 bridgehead atoms. The standard InChI is InChI=1S/C20H23N7O2S/c1-20(2,3)12-4-5-14-15(8-12)30-19-17(14)18-23-16(24-26(18)11-21-19)6-7-25-10-13(9-22-25)27(28)29/h9-12H,4-8H2,1-3H3/t12-/m0/s1. The van der Waals surface area contributed by atoms with Gasteiger partial charge >= 0.3 is 5.69 Å². The second-order valence-corrected chi connectivity index (χ2v) is 10.1. The molecular weight excluding hydrogens is 402 g/mol. The first-order valence-corrected chi connectivity index (χ1v) is 10.9. The summed E-state index contributed by atoms with van der Waals surface area (Å²) in [5.41, 5.74) is 2.53. The Balaban J connectivity index is 1.45. The molecule has 1 aliphatic carbocycles. The van der Waals surface area contributed by atoms with Crippen LogP contribution in [0.2, 0.25) is 0 Å². The molecular formula is C20H23N7O2S. The molecule has 0 amide bonds. The van der Waals surface area contributed by atoms with Crippen LogP contribution in [0, 0.1) is 21.4 Å². The number of nitro groups is 1. The average Bonchev–Trinajstić information content (AvgIpc) is 3.40. The first kappa shape index (κ1) is 19.1. The monoisotopic (exact) mass is 425 g/mol. The summed E-state index contributed by atoms with van der Waals surface area (Å²) in [6, 6.07) is 0. The van der Waals surface area contributed by atoms with E-state index >= 15 is 0 Å². The zero-order valence-electron chi connectivity index (χ0n) is 17.2. The molecule has 4 aromatic rings. The van der Waals surface area contributed by atoms with E-state index in [0.717, 1.165) is 28.7 Å². The van der Waals surface area contributed by atoms with Crippen LogP contribution in [0.4, 0.5) is 5.69 Å². The van der Waals surface area contributed by atoms with Gasteiger partial charge in [-0.15, -0.1) is 16.4 Å². The second kappa shape index (κ2) is 6.83. The minimum atomic E-state index is -0.445. The molecule has 0 fully saturated rings. The summed E-state index contributed by atoms with van der Waals surface area (Å²) >= 11 is 1.79. The van der Waals surface area contributed by atoms with Gasteiger partial charge in [0.05, 0.1) is 10.3 Å². The van der Waals surface area contributed by atoms with Gasteiger partial charge in [-0.2, -0.15) is 5.10 Å². The highest BCUT2D eigenvalue weighted by atomic mass is 32.1. The van der Waals surface area contributed by atoms with E-state index in [9.17, 15) is 10.1 Å². The van der Waals surface area contributed by atoms with Crippen LogP contribution >= 0.6 is 11.3 Å². The molecule has 30 heavy (non-hydrogen) atoms. The quantitative estimate of drug-likeness (QED) is 0.363. The molecule has 4 aromatic heterocycles. The van der Waals surface area contributed by atoms with E-state index in [2.05, 4.69) is 36.0 Å². The molecule has 1 atom stereocenters. The summed E-state index contributed by atoms with van der Waals surface area (Å²) in [5.74, 6) is 1.37. The number of hydrogen-bond acceptors (Lipinski definition) is 7. The Labute approximate surface area is 176 Å². The lowest BCUT2D eigenvalue weighted by atomic mass is 9.72. The predicted molar refractivity (Wildman–Crippen MR) is 114 cm³/mol. The van der Waals surface area contributed by atoms with Crippen molar-refractivity contribution in [1.82, 2.24) is 29.4 Å². The Hall–Kier alpha value is -2.88. The maximum atomic E-state index is 10.8. The molecule has 0 aliphatic heterocycles. The van der Waals surface area contributed by atoms with Crippen LogP contribution in [0.5, 0.6) is 0 Å². The Morgan fingerprint density at radius 1 is 1.37 bits per heavy atom. The van der Waals surface area contributed by atoms with E-state index in [1.54, 1.807) is 26.9 Å². The van der Waals surface area contributed by atoms with Crippen LogP contribution in [-0.2, 0) is 25.8 Å². The average molecular weight is 426 g/mol. The fourth-order valence-electron chi connectivity index (χ4n) is 4.25. The number of fused-ring (bicyclic) bond motifs is 5. The fourth-order valence-corrected chi connectivity index (χ4v) is 5.51. The third-order valence-corrected chi connectivity index (χ3v) is 7.21. The van der Waals surface area contributed by atoms with Gasteiger partial charge in [0, 0.05) is 17.8 Å². The van der Waals surface area contributed by atoms with Gasteiger partial charge in [0.25, 0.3) is 0 Å². The lowest BCUT2D eigenvalue weighted by Gasteiger charge is -2.33. The van der Waals surface area contributed by atoms with E-state index < -0.39 is 4.92 Å². The van der Waals surface area contributed by atoms with Crippen LogP contribution in [0.1, 0.15) is 43.5 Å². The summed E-state index contributed by atoms with van der Waals surface area (Å²) in [6.45, 7) is 7.46. The number of aromatic nitrogens is 6. The largest absolute Gasteiger partial charge is 0.306 e. The molecule has 0 saturated heterocycles. The van der Waals surface area contributed by atoms with Gasteiger partial charge in [-0.05, 0) is 36.2 Å². The van der Waals surface area contributed by atoms with Gasteiger partial charge in [-0.3, -0.25) is 14.8 Å². The third-order valence-electron chi connectivity index (χ3n) is 6.05. The van der Waals surface area contributed by atoms with Gasteiger partial charge < -0.3 is 0 Å². The molecule has 0 unspecified atom stereocenters. The second-order valence-electron chi connectivity index (χ2n) is 9.00. The van der Waals surface area contributed by atoms with Gasteiger partial charge in [0.15, 0.2) is 11.5 Å². The Morgan fingerprint density at radius 3 is 2.93 bits per heavy atom. The van der Waals surface area contributed by atoms with Crippen LogP contribution < -0.4 is 0 Å². The first-order valence-electron chi connectivity index (χ1n) is 10.1. The lowest BCUT2D eigenvalue weighted by molar-refractivity contribution is -0.385. The van der Waals surface area contributed by atoms with Crippen molar-refractivity contribution in [3.05, 3.63) is 45.1 Å². The van der Waals surface area contributed by atoms with E-state index in [4.69, 9.17) is 4.98 Å². The molecule has 5 rings (SSSR count). The fraction of sp³-hybridized carbons (Fsp3) is 0.500. The Bertz CT molecular complexity index is 1260. The minimum Gasteiger partial charge on any atom is -0.265 e. The summed E-state index contributed by atoms with van der Waals surface area (Å²) in [6.07, 6.45) is 8.30. The number of nitrogens with zero attached hydrogens (tertiary/aromatic N) is 7. The third kappa shape index (κ3) is 3.24. The number of rotatable bonds is 4. The van der Waals surface area contributed by atoms with E-state index in [1.807, 2.05) is 0 Å². The lowest BCUT2D eigenvalue weighted by Crippen LogP contribution is -2.26. The normalized spacial score (nSPS) is 17.0. The maximum absolute atomic E-state index is 10.8. The van der Waals surface area contributed by atoms with Crippen LogP contribution in [-0.4, -0.2) is 34.3 Å². The predicted octanol–water partition coefficient (Wildman–Crippen LogP) is 3.84. The molecule has 4 heterocycles. The van der Waals surface area contributed by atoms with E-state index in [0.29, 0.717) is 30.1 Å². The first-order chi connectivity index (χ1) is 14.3. The van der Waals surface area contributed by atoms with Crippen LogP contribution in [0.25, 0.3) is 15.9 Å². The van der Waals surface area contributed by atoms with Gasteiger partial charge in [-0.25, -0.2) is 14.5 Å². The minimum absolute atomic E-state index is 0.0117. The van der Waals surface area contributed by atoms with Crippen molar-refractivity contribution in [2.75, 3.05) is 0 Å². The van der Waals surface area contributed by atoms with Crippen molar-refractivity contribution in [3.63, 3.8) is 0 Å². The summed E-state index contributed by atoms with van der Waals surface area (Å²) in [5, 5.41) is 20.6. The Morgan fingerprint density at radius 2 is 2.20 bits per heavy atom. The van der Waals surface area contributed by atoms with Crippen molar-refractivity contribution < 1.29 is 4.92 Å². The molecule has 0 N–H and O–H groups in total. The van der Waals surface area contributed by atoms with E-state index in [-0.39, 0.29) is 5.69 Å². The summed E-state index contributed by atoms with van der Waals surface area (Å²) in [4.78, 5) is 22.3. The molecule has 0 spiro atoms. The molecule has 156 valence electrons. The molecule has 1 aliphatic rings. The zero-order chi connectivity index (χ0) is 21.0. The summed E-state index contributed by atoms with van der Waals surface area (Å²) < 4.78 is 3.31. The van der Waals surface area contributed by atoms with Crippen LogP contribution in [0.15, 0.2) is 18.7 Å². The summed E-state index contributed by atoms with van der Waals surface area (Å²) in [7, 11) is 0. The van der Waals surface area contributed by atoms with Crippen molar-refractivity contribution in [1.29, 1.82) is 0 Å². The SMILES string of the molecule is CC(C)(C)[C@H]1CCc2c(sc3ncn4nc(CCn5cc([N+](=O)[O-])cn5)nc4c23)C1. The van der Waals surface area contributed by atoms with Gasteiger partial charge in [0.1, 0.15) is 23.6 Å².